The Hall–Kier alpha value is -2.22. The standard InChI is InChI=1S/C18H20O2/c1-3-17(13-5-9-15(19)10-6-13)18(4-2)14-7-11-16(20)12-8-14/h5-12,19-20H,3-4H2,1-2H3/b18-17+/i3D2,4D2,9D,10D,11D,12D. The van der Waals surface area contributed by atoms with Crippen molar-refractivity contribution in [2.24, 2.45) is 0 Å². The summed E-state index contributed by atoms with van der Waals surface area (Å²) in [5.41, 5.74) is -0.280. The van der Waals surface area contributed by atoms with Crippen LogP contribution in [0.3, 0.4) is 0 Å². The van der Waals surface area contributed by atoms with E-state index < -0.39 is 48.4 Å². The molecule has 0 aliphatic rings. The van der Waals surface area contributed by atoms with Crippen LogP contribution in [0.15, 0.2) is 48.4 Å². The molecule has 0 aliphatic heterocycles. The van der Waals surface area contributed by atoms with Crippen molar-refractivity contribution < 1.29 is 21.2 Å². The minimum Gasteiger partial charge on any atom is -0.508 e. The van der Waals surface area contributed by atoms with Gasteiger partial charge in [0.25, 0.3) is 0 Å². The number of phenolic OH excluding ortho intramolecular Hbond substituents is 2. The van der Waals surface area contributed by atoms with Crippen molar-refractivity contribution in [3.63, 3.8) is 0 Å². The van der Waals surface area contributed by atoms with E-state index >= 15 is 0 Å². The number of aromatic hydroxyl groups is 2. The molecule has 0 radical (unpaired) electrons. The molecule has 0 amide bonds. The first-order valence-electron chi connectivity index (χ1n) is 10.0. The quantitative estimate of drug-likeness (QED) is 0.785. The highest BCUT2D eigenvalue weighted by atomic mass is 16.3. The predicted octanol–water partition coefficient (Wildman–Crippen LogP) is 4.83. The monoisotopic (exact) mass is 276 g/mol. The van der Waals surface area contributed by atoms with Crippen LogP contribution >= 0.6 is 0 Å². The normalized spacial score (nSPS) is 19.3. The van der Waals surface area contributed by atoms with E-state index in [1.165, 1.54) is 13.8 Å². The lowest BCUT2D eigenvalue weighted by atomic mass is 9.91. The van der Waals surface area contributed by atoms with Gasteiger partial charge in [-0.1, -0.05) is 38.1 Å². The van der Waals surface area contributed by atoms with Crippen LogP contribution in [0, 0.1) is 0 Å². The summed E-state index contributed by atoms with van der Waals surface area (Å²) in [5, 5.41) is 19.4. The maximum absolute atomic E-state index is 9.70. The lowest BCUT2D eigenvalue weighted by Gasteiger charge is -2.14. The van der Waals surface area contributed by atoms with Gasteiger partial charge in [0.2, 0.25) is 0 Å². The average molecular weight is 276 g/mol. The first kappa shape index (κ1) is 6.98. The molecule has 20 heavy (non-hydrogen) atoms. The highest BCUT2D eigenvalue weighted by Gasteiger charge is 2.09. The van der Waals surface area contributed by atoms with Crippen molar-refractivity contribution in [2.45, 2.75) is 26.6 Å². The van der Waals surface area contributed by atoms with Gasteiger partial charge in [-0.05, 0) is 59.2 Å². The van der Waals surface area contributed by atoms with Crippen molar-refractivity contribution in [1.29, 1.82) is 0 Å². The van der Waals surface area contributed by atoms with E-state index in [9.17, 15) is 10.2 Å². The number of benzene rings is 2. The maximum Gasteiger partial charge on any atom is 0.115 e. The fraction of sp³-hybridized carbons (Fsp3) is 0.222. The summed E-state index contributed by atoms with van der Waals surface area (Å²) in [7, 11) is 0. The lowest BCUT2D eigenvalue weighted by molar-refractivity contribution is 0.474. The first-order valence-corrected chi connectivity index (χ1v) is 6.01. The van der Waals surface area contributed by atoms with Gasteiger partial charge >= 0.3 is 0 Å². The van der Waals surface area contributed by atoms with Crippen LogP contribution in [0.1, 0.15) is 48.7 Å². The fourth-order valence-electron chi connectivity index (χ4n) is 1.87. The molecular weight excluding hydrogens is 248 g/mol. The van der Waals surface area contributed by atoms with Gasteiger partial charge in [0, 0.05) is 5.48 Å². The van der Waals surface area contributed by atoms with Crippen LogP contribution in [0.4, 0.5) is 0 Å². The van der Waals surface area contributed by atoms with E-state index in [-0.39, 0.29) is 22.3 Å². The SMILES string of the molecule is [2H]c1cc(/C(=C(/c2cc([2H])c(O)c([2H])c2)C([2H])([2H])C)C([2H])([2H])C)cc([2H])c1O. The molecule has 0 atom stereocenters. The molecule has 0 aliphatic carbocycles. The summed E-state index contributed by atoms with van der Waals surface area (Å²) in [6, 6.07) is 2.92. The molecule has 2 aromatic carbocycles. The van der Waals surface area contributed by atoms with Crippen molar-refractivity contribution in [1.82, 2.24) is 0 Å². The van der Waals surface area contributed by atoms with Gasteiger partial charge in [-0.15, -0.1) is 0 Å². The maximum atomic E-state index is 9.70. The summed E-state index contributed by atoms with van der Waals surface area (Å²) in [6.07, 6.45) is -4.26. The molecule has 2 aromatic rings. The molecule has 0 unspecified atom stereocenters. The van der Waals surface area contributed by atoms with Gasteiger partial charge < -0.3 is 10.2 Å². The van der Waals surface area contributed by atoms with Crippen LogP contribution in [0.5, 0.6) is 11.5 Å². The Morgan fingerprint density at radius 3 is 1.40 bits per heavy atom. The van der Waals surface area contributed by atoms with Crippen molar-refractivity contribution in [2.75, 3.05) is 0 Å². The molecule has 2 heteroatoms. The summed E-state index contributed by atoms with van der Waals surface area (Å²) >= 11 is 0. The van der Waals surface area contributed by atoms with Crippen LogP contribution in [0.25, 0.3) is 11.1 Å². The number of rotatable bonds is 4. The minimum absolute atomic E-state index is 0.0344. The molecule has 2 rings (SSSR count). The van der Waals surface area contributed by atoms with Crippen LogP contribution < -0.4 is 0 Å². The highest BCUT2D eigenvalue weighted by Crippen LogP contribution is 2.32. The van der Waals surface area contributed by atoms with E-state index in [0.29, 0.717) is 0 Å². The third kappa shape index (κ3) is 3.02. The molecule has 2 N–H and O–H groups in total. The molecule has 0 fully saturated rings. The fourth-order valence-corrected chi connectivity index (χ4v) is 1.87. The number of hydrogen-bond acceptors (Lipinski definition) is 2. The second-order valence-electron chi connectivity index (χ2n) is 4.01. The van der Waals surface area contributed by atoms with Crippen LogP contribution in [-0.4, -0.2) is 10.2 Å². The number of phenols is 2. The van der Waals surface area contributed by atoms with E-state index in [1.807, 2.05) is 0 Å². The number of allylic oxidation sites excluding steroid dienone is 2. The Morgan fingerprint density at radius 1 is 0.850 bits per heavy atom. The van der Waals surface area contributed by atoms with Gasteiger partial charge in [0.1, 0.15) is 11.5 Å². The van der Waals surface area contributed by atoms with Crippen LogP contribution in [-0.2, 0) is 0 Å². The van der Waals surface area contributed by atoms with Gasteiger partial charge in [-0.2, -0.15) is 0 Å². The summed E-state index contributed by atoms with van der Waals surface area (Å²) in [5.74, 6) is -1.15. The second-order valence-corrected chi connectivity index (χ2v) is 4.01. The van der Waals surface area contributed by atoms with E-state index in [0.717, 1.165) is 24.3 Å². The minimum atomic E-state index is -2.13. The number of hydrogen-bond donors (Lipinski definition) is 2. The topological polar surface area (TPSA) is 40.5 Å². The molecule has 0 aromatic heterocycles. The summed E-state index contributed by atoms with van der Waals surface area (Å²) in [6.45, 7) is 2.38. The van der Waals surface area contributed by atoms with Gasteiger partial charge in [-0.3, -0.25) is 0 Å². The first-order chi connectivity index (χ1) is 12.6. The third-order valence-electron chi connectivity index (χ3n) is 2.78. The van der Waals surface area contributed by atoms with Crippen molar-refractivity contribution >= 4 is 11.1 Å². The van der Waals surface area contributed by atoms with Crippen LogP contribution in [0.2, 0.25) is 0 Å². The second kappa shape index (κ2) is 6.29. The molecule has 0 spiro atoms. The van der Waals surface area contributed by atoms with E-state index in [2.05, 4.69) is 0 Å². The molecule has 0 heterocycles. The molecule has 0 saturated heterocycles. The summed E-state index contributed by atoms with van der Waals surface area (Å²) < 4.78 is 64.2. The zero-order valence-corrected chi connectivity index (χ0v) is 11.2. The van der Waals surface area contributed by atoms with E-state index in [1.54, 1.807) is 0 Å². The summed E-state index contributed by atoms with van der Waals surface area (Å²) in [4.78, 5) is 0. The Bertz CT molecular complexity index is 832. The Morgan fingerprint density at radius 2 is 1.15 bits per heavy atom. The average Bonchev–Trinajstić information content (AvgIpc) is 2.52. The lowest BCUT2D eigenvalue weighted by Crippen LogP contribution is -1.91. The Kier molecular flexibility index (Phi) is 2.19. The molecule has 104 valence electrons. The Labute approximate surface area is 131 Å². The van der Waals surface area contributed by atoms with Gasteiger partial charge in [0.15, 0.2) is 0 Å². The Balaban J connectivity index is 3.02. The highest BCUT2D eigenvalue weighted by molar-refractivity contribution is 5.90. The van der Waals surface area contributed by atoms with Crippen molar-refractivity contribution in [3.8, 4) is 11.5 Å². The molecular formula is C18H20O2. The largest absolute Gasteiger partial charge is 0.508 e. The zero-order chi connectivity index (χ0) is 21.6. The zero-order valence-electron chi connectivity index (χ0n) is 19.2. The van der Waals surface area contributed by atoms with Gasteiger partial charge in [0.05, 0.1) is 5.48 Å². The molecule has 2 nitrogen and oxygen atoms in total. The third-order valence-corrected chi connectivity index (χ3v) is 2.78. The van der Waals surface area contributed by atoms with Crippen molar-refractivity contribution in [3.05, 3.63) is 59.6 Å². The smallest absolute Gasteiger partial charge is 0.115 e. The predicted molar refractivity (Wildman–Crippen MR) is 83.6 cm³/mol. The molecule has 0 bridgehead atoms. The molecule has 0 saturated carbocycles. The van der Waals surface area contributed by atoms with Gasteiger partial charge in [-0.25, -0.2) is 0 Å². The van der Waals surface area contributed by atoms with E-state index in [4.69, 9.17) is 11.0 Å².